The second kappa shape index (κ2) is 13.0. The third kappa shape index (κ3) is 6.62. The Kier molecular flexibility index (Phi) is 9.34. The summed E-state index contributed by atoms with van der Waals surface area (Å²) in [4.78, 5) is 27.9. The molecule has 44 heavy (non-hydrogen) atoms. The van der Waals surface area contributed by atoms with Crippen molar-refractivity contribution in [3.8, 4) is 0 Å². The van der Waals surface area contributed by atoms with Crippen LogP contribution in [0.4, 0.5) is 5.69 Å². The lowest BCUT2D eigenvalue weighted by atomic mass is 10.1. The monoisotopic (exact) mass is 670 g/mol. The summed E-state index contributed by atoms with van der Waals surface area (Å²) in [5.74, 6) is -0.690. The van der Waals surface area contributed by atoms with Crippen molar-refractivity contribution in [3.05, 3.63) is 134 Å². The number of amides is 1. The second-order valence-corrected chi connectivity index (χ2v) is 13.0. The third-order valence-corrected chi connectivity index (χ3v) is 9.34. The summed E-state index contributed by atoms with van der Waals surface area (Å²) in [7, 11) is -2.71. The van der Waals surface area contributed by atoms with Crippen LogP contribution in [0.5, 0.6) is 0 Å². The molecule has 0 saturated carbocycles. The summed E-state index contributed by atoms with van der Waals surface area (Å²) in [6.07, 6.45) is 1.42. The molecule has 1 aliphatic rings. The predicted molar refractivity (Wildman–Crippen MR) is 170 cm³/mol. The van der Waals surface area contributed by atoms with Gasteiger partial charge in [0.05, 0.1) is 35.4 Å². The number of nitrogens with zero attached hydrogens (tertiary/aromatic N) is 2. The van der Waals surface area contributed by atoms with Crippen LogP contribution < -0.4 is 4.90 Å². The van der Waals surface area contributed by atoms with E-state index in [1.165, 1.54) is 40.6 Å². The molecular formula is C32H25Cl3N2O6S. The molecule has 8 nitrogen and oxygen atoms in total. The number of anilines is 1. The van der Waals surface area contributed by atoms with E-state index in [-0.39, 0.29) is 34.9 Å². The highest BCUT2D eigenvalue weighted by molar-refractivity contribution is 7.89. The van der Waals surface area contributed by atoms with Gasteiger partial charge in [0.15, 0.2) is 0 Å². The SMILES string of the molecule is COC(=O)C1=C(C)N(c2cc(Cl)cc(Cl)c2)C(=O)/C1=C/c1ccc(CN(Cc2ccc(Cl)cc2)S(=O)(=O)c2ccccc2)o1. The van der Waals surface area contributed by atoms with Gasteiger partial charge in [-0.2, -0.15) is 4.31 Å². The van der Waals surface area contributed by atoms with E-state index in [1.807, 2.05) is 0 Å². The van der Waals surface area contributed by atoms with E-state index in [0.29, 0.717) is 32.2 Å². The second-order valence-electron chi connectivity index (χ2n) is 9.79. The number of hydrogen-bond donors (Lipinski definition) is 0. The van der Waals surface area contributed by atoms with Gasteiger partial charge in [0.25, 0.3) is 5.91 Å². The zero-order chi connectivity index (χ0) is 31.6. The maximum atomic E-state index is 13.7. The number of allylic oxidation sites excluding steroid dienone is 1. The predicted octanol–water partition coefficient (Wildman–Crippen LogP) is 7.51. The first-order valence-corrected chi connectivity index (χ1v) is 15.8. The van der Waals surface area contributed by atoms with E-state index in [0.717, 1.165) is 5.56 Å². The standard InChI is InChI=1S/C32H25Cl3N2O6S/c1-20-30(32(39)42-2)29(31(38)37(20)25-15-23(34)14-24(35)16-25)17-26-12-13-27(43-26)19-36(18-21-8-10-22(33)11-9-21)44(40,41)28-6-4-3-5-7-28/h3-17H,18-19H2,1-2H3/b29-17+. The molecule has 3 aromatic carbocycles. The summed E-state index contributed by atoms with van der Waals surface area (Å²) in [5.41, 5.74) is 1.49. The van der Waals surface area contributed by atoms with Gasteiger partial charge in [0, 0.05) is 27.3 Å². The fraction of sp³-hybridized carbons (Fsp3) is 0.125. The highest BCUT2D eigenvalue weighted by Crippen LogP contribution is 2.38. The molecule has 0 radical (unpaired) electrons. The van der Waals surface area contributed by atoms with Gasteiger partial charge in [-0.3, -0.25) is 9.69 Å². The zero-order valence-electron chi connectivity index (χ0n) is 23.5. The Morgan fingerprint density at radius 1 is 0.909 bits per heavy atom. The summed E-state index contributed by atoms with van der Waals surface area (Å²) in [6, 6.07) is 22.8. The minimum Gasteiger partial charge on any atom is -0.465 e. The first-order valence-electron chi connectivity index (χ1n) is 13.2. The molecule has 1 amide bonds. The van der Waals surface area contributed by atoms with Crippen LogP contribution in [-0.4, -0.2) is 31.7 Å². The number of sulfonamides is 1. The lowest BCUT2D eigenvalue weighted by Gasteiger charge is -2.21. The molecule has 2 heterocycles. The van der Waals surface area contributed by atoms with Crippen molar-refractivity contribution < 1.29 is 27.2 Å². The van der Waals surface area contributed by atoms with Crippen molar-refractivity contribution in [2.75, 3.05) is 12.0 Å². The van der Waals surface area contributed by atoms with Crippen molar-refractivity contribution >= 4 is 68.5 Å². The average Bonchev–Trinajstić information content (AvgIpc) is 3.53. The number of benzene rings is 3. The van der Waals surface area contributed by atoms with Crippen LogP contribution in [-0.2, 0) is 37.4 Å². The Bertz CT molecular complexity index is 1880. The number of carbonyl (C=O) groups is 2. The normalized spacial score (nSPS) is 14.6. The van der Waals surface area contributed by atoms with Gasteiger partial charge in [-0.1, -0.05) is 65.1 Å². The Morgan fingerprint density at radius 2 is 1.57 bits per heavy atom. The smallest absolute Gasteiger partial charge is 0.340 e. The molecule has 12 heteroatoms. The maximum absolute atomic E-state index is 13.7. The molecule has 0 N–H and O–H groups in total. The molecule has 5 rings (SSSR count). The lowest BCUT2D eigenvalue weighted by Crippen LogP contribution is -2.30. The summed E-state index contributed by atoms with van der Waals surface area (Å²) in [6.45, 7) is 1.55. The summed E-state index contributed by atoms with van der Waals surface area (Å²) in [5, 5.41) is 1.16. The fourth-order valence-electron chi connectivity index (χ4n) is 4.79. The Labute approximate surface area is 269 Å². The molecule has 0 aliphatic carbocycles. The fourth-order valence-corrected chi connectivity index (χ4v) is 6.85. The molecule has 0 spiro atoms. The minimum atomic E-state index is -3.93. The van der Waals surface area contributed by atoms with Crippen LogP contribution in [0.15, 0.2) is 111 Å². The van der Waals surface area contributed by atoms with Crippen molar-refractivity contribution in [2.45, 2.75) is 24.9 Å². The maximum Gasteiger partial charge on any atom is 0.340 e. The molecule has 0 saturated heterocycles. The lowest BCUT2D eigenvalue weighted by molar-refractivity contribution is -0.136. The number of rotatable bonds is 9. The van der Waals surface area contributed by atoms with Gasteiger partial charge >= 0.3 is 5.97 Å². The van der Waals surface area contributed by atoms with Gasteiger partial charge < -0.3 is 9.15 Å². The average molecular weight is 672 g/mol. The van der Waals surface area contributed by atoms with Gasteiger partial charge in [-0.15, -0.1) is 0 Å². The number of carbonyl (C=O) groups excluding carboxylic acids is 2. The van der Waals surface area contributed by atoms with Gasteiger partial charge in [-0.05, 0) is 73.2 Å². The largest absolute Gasteiger partial charge is 0.465 e. The van der Waals surface area contributed by atoms with Crippen LogP contribution in [0.1, 0.15) is 24.0 Å². The van der Waals surface area contributed by atoms with E-state index >= 15 is 0 Å². The minimum absolute atomic E-state index is 0.0290. The summed E-state index contributed by atoms with van der Waals surface area (Å²) >= 11 is 18.4. The topological polar surface area (TPSA) is 97.1 Å². The Morgan fingerprint density at radius 3 is 2.20 bits per heavy atom. The van der Waals surface area contributed by atoms with E-state index in [4.69, 9.17) is 44.0 Å². The van der Waals surface area contributed by atoms with Gasteiger partial charge in [-0.25, -0.2) is 13.2 Å². The Hall–Kier alpha value is -3.86. The molecule has 0 bridgehead atoms. The number of halogens is 3. The van der Waals surface area contributed by atoms with Crippen molar-refractivity contribution in [2.24, 2.45) is 0 Å². The molecule has 4 aromatic rings. The van der Waals surface area contributed by atoms with Crippen LogP contribution in [0.3, 0.4) is 0 Å². The molecule has 0 unspecified atom stereocenters. The molecule has 226 valence electrons. The molecule has 1 aliphatic heterocycles. The van der Waals surface area contributed by atoms with E-state index < -0.39 is 21.9 Å². The number of hydrogen-bond acceptors (Lipinski definition) is 6. The van der Waals surface area contributed by atoms with Gasteiger partial charge in [0.2, 0.25) is 10.0 Å². The third-order valence-electron chi connectivity index (χ3n) is 6.85. The first kappa shape index (κ1) is 31.6. The molecular weight excluding hydrogens is 647 g/mol. The van der Waals surface area contributed by atoms with E-state index in [1.54, 1.807) is 73.7 Å². The van der Waals surface area contributed by atoms with Crippen molar-refractivity contribution in [1.29, 1.82) is 0 Å². The molecule has 0 fully saturated rings. The van der Waals surface area contributed by atoms with Crippen molar-refractivity contribution in [1.82, 2.24) is 4.31 Å². The highest BCUT2D eigenvalue weighted by atomic mass is 35.5. The van der Waals surface area contributed by atoms with E-state index in [9.17, 15) is 18.0 Å². The quantitative estimate of drug-likeness (QED) is 0.135. The van der Waals surface area contributed by atoms with Crippen LogP contribution in [0.2, 0.25) is 15.1 Å². The molecule has 1 aromatic heterocycles. The number of furan rings is 1. The zero-order valence-corrected chi connectivity index (χ0v) is 26.5. The number of esters is 1. The first-order chi connectivity index (χ1) is 21.0. The van der Waals surface area contributed by atoms with Crippen LogP contribution in [0.25, 0.3) is 6.08 Å². The van der Waals surface area contributed by atoms with Crippen LogP contribution in [0, 0.1) is 0 Å². The van der Waals surface area contributed by atoms with Crippen LogP contribution >= 0.6 is 34.8 Å². The highest BCUT2D eigenvalue weighted by Gasteiger charge is 2.38. The van der Waals surface area contributed by atoms with Gasteiger partial charge in [0.1, 0.15) is 11.5 Å². The van der Waals surface area contributed by atoms with Crippen molar-refractivity contribution in [3.63, 3.8) is 0 Å². The number of methoxy groups -OCH3 is 1. The number of ether oxygens (including phenoxy) is 1. The van der Waals surface area contributed by atoms with E-state index in [2.05, 4.69) is 0 Å². The summed E-state index contributed by atoms with van der Waals surface area (Å²) < 4.78 is 39.6. The Balaban J connectivity index is 1.49. The molecule has 0 atom stereocenters.